The zero-order valence-corrected chi connectivity index (χ0v) is 12.0. The second-order valence-electron chi connectivity index (χ2n) is 3.72. The van der Waals surface area contributed by atoms with Crippen molar-refractivity contribution in [2.45, 2.75) is 0 Å². The van der Waals surface area contributed by atoms with Gasteiger partial charge in [0.1, 0.15) is 5.69 Å². The molecule has 19 heavy (non-hydrogen) atoms. The lowest BCUT2D eigenvalue weighted by Gasteiger charge is -2.06. The Balaban J connectivity index is 1.83. The number of carbonyl (C=O) groups excluding carboxylic acids is 2. The van der Waals surface area contributed by atoms with E-state index in [1.54, 1.807) is 24.4 Å². The number of aromatic amines is 1. The molecule has 2 N–H and O–H groups in total. The van der Waals surface area contributed by atoms with Crippen molar-refractivity contribution in [3.63, 3.8) is 0 Å². The highest BCUT2D eigenvalue weighted by molar-refractivity contribution is 14.1. The molecular formula is C13H11IN2O3. The predicted molar refractivity (Wildman–Crippen MR) is 78.9 cm³/mol. The number of H-pyrrole nitrogens is 1. The summed E-state index contributed by atoms with van der Waals surface area (Å²) in [5, 5.41) is 2.65. The number of hydrogen-bond donors (Lipinski definition) is 2. The first-order valence-corrected chi connectivity index (χ1v) is 6.59. The van der Waals surface area contributed by atoms with Crippen LogP contribution in [-0.4, -0.2) is 23.5 Å². The number of benzene rings is 1. The van der Waals surface area contributed by atoms with Crippen molar-refractivity contribution in [3.8, 4) is 0 Å². The summed E-state index contributed by atoms with van der Waals surface area (Å²) in [7, 11) is 0. The molecule has 0 unspecified atom stereocenters. The Morgan fingerprint density at radius 3 is 2.79 bits per heavy atom. The molecule has 0 bridgehead atoms. The molecule has 1 aromatic heterocycles. The van der Waals surface area contributed by atoms with Gasteiger partial charge in [-0.25, -0.2) is 4.79 Å². The molecule has 98 valence electrons. The van der Waals surface area contributed by atoms with E-state index in [2.05, 4.69) is 32.9 Å². The normalized spacial score (nSPS) is 9.95. The second-order valence-corrected chi connectivity index (χ2v) is 4.96. The highest BCUT2D eigenvalue weighted by Crippen LogP contribution is 2.12. The average molecular weight is 370 g/mol. The molecule has 0 saturated heterocycles. The summed E-state index contributed by atoms with van der Waals surface area (Å²) >= 11 is 2.15. The molecule has 2 rings (SSSR count). The third kappa shape index (κ3) is 4.09. The summed E-state index contributed by atoms with van der Waals surface area (Å²) in [5.74, 6) is -0.926. The molecule has 1 aromatic carbocycles. The van der Waals surface area contributed by atoms with Gasteiger partial charge in [0.05, 0.1) is 0 Å². The third-order valence-electron chi connectivity index (χ3n) is 2.26. The Bertz CT molecular complexity index is 581. The number of aromatic nitrogens is 1. The van der Waals surface area contributed by atoms with Gasteiger partial charge >= 0.3 is 5.97 Å². The monoisotopic (exact) mass is 370 g/mol. The standard InChI is InChI=1S/C13H11IN2O3/c14-9-3-1-4-10(7-9)16-12(17)8-19-13(18)11-5-2-6-15-11/h1-7,15H,8H2,(H,16,17). The van der Waals surface area contributed by atoms with E-state index in [1.807, 2.05) is 18.2 Å². The van der Waals surface area contributed by atoms with Crippen LogP contribution in [0.3, 0.4) is 0 Å². The number of halogens is 1. The van der Waals surface area contributed by atoms with Crippen LogP contribution < -0.4 is 5.32 Å². The highest BCUT2D eigenvalue weighted by Gasteiger charge is 2.10. The zero-order valence-electron chi connectivity index (χ0n) is 9.85. The number of esters is 1. The van der Waals surface area contributed by atoms with Crippen molar-refractivity contribution in [1.82, 2.24) is 4.98 Å². The van der Waals surface area contributed by atoms with Gasteiger partial charge in [-0.3, -0.25) is 4.79 Å². The molecule has 0 aliphatic heterocycles. The van der Waals surface area contributed by atoms with Gasteiger partial charge in [0.2, 0.25) is 0 Å². The highest BCUT2D eigenvalue weighted by atomic mass is 127. The first kappa shape index (κ1) is 13.6. The van der Waals surface area contributed by atoms with E-state index >= 15 is 0 Å². The van der Waals surface area contributed by atoms with Gasteiger partial charge in [-0.05, 0) is 52.9 Å². The van der Waals surface area contributed by atoms with Crippen LogP contribution in [0, 0.1) is 3.57 Å². The SMILES string of the molecule is O=C(COC(=O)c1ccc[nH]1)Nc1cccc(I)c1. The minimum absolute atomic E-state index is 0.316. The van der Waals surface area contributed by atoms with Gasteiger partial charge in [0, 0.05) is 15.5 Å². The number of carbonyl (C=O) groups is 2. The van der Waals surface area contributed by atoms with Crippen LogP contribution in [0.2, 0.25) is 0 Å². The first-order chi connectivity index (χ1) is 9.15. The number of rotatable bonds is 4. The molecule has 0 saturated carbocycles. The van der Waals surface area contributed by atoms with E-state index in [0.717, 1.165) is 3.57 Å². The molecule has 0 aliphatic carbocycles. The predicted octanol–water partition coefficient (Wildman–Crippen LogP) is 2.41. The molecule has 1 heterocycles. The summed E-state index contributed by atoms with van der Waals surface area (Å²) in [5.41, 5.74) is 0.995. The van der Waals surface area contributed by atoms with E-state index in [1.165, 1.54) is 0 Å². The summed E-state index contributed by atoms with van der Waals surface area (Å²) in [6, 6.07) is 10.6. The quantitative estimate of drug-likeness (QED) is 0.642. The lowest BCUT2D eigenvalue weighted by atomic mass is 10.3. The Kier molecular flexibility index (Phi) is 4.56. The van der Waals surface area contributed by atoms with Gasteiger partial charge in [-0.1, -0.05) is 6.07 Å². The van der Waals surface area contributed by atoms with Crippen LogP contribution in [0.1, 0.15) is 10.5 Å². The fourth-order valence-corrected chi connectivity index (χ4v) is 1.97. The minimum Gasteiger partial charge on any atom is -0.451 e. The fourth-order valence-electron chi connectivity index (χ4n) is 1.43. The molecule has 5 nitrogen and oxygen atoms in total. The largest absolute Gasteiger partial charge is 0.451 e. The lowest BCUT2D eigenvalue weighted by molar-refractivity contribution is -0.119. The summed E-state index contributed by atoms with van der Waals surface area (Å²) in [4.78, 5) is 25.8. The molecule has 2 aromatic rings. The Hall–Kier alpha value is -1.83. The molecule has 0 aliphatic rings. The zero-order chi connectivity index (χ0) is 13.7. The Labute approximate surface area is 123 Å². The van der Waals surface area contributed by atoms with Crippen molar-refractivity contribution in [2.75, 3.05) is 11.9 Å². The van der Waals surface area contributed by atoms with Crippen LogP contribution in [0.15, 0.2) is 42.6 Å². The van der Waals surface area contributed by atoms with E-state index in [-0.39, 0.29) is 12.5 Å². The van der Waals surface area contributed by atoms with Gasteiger partial charge in [0.15, 0.2) is 6.61 Å². The maximum absolute atomic E-state index is 11.6. The van der Waals surface area contributed by atoms with Gasteiger partial charge < -0.3 is 15.0 Å². The number of anilines is 1. The average Bonchev–Trinajstić information content (AvgIpc) is 2.90. The molecule has 0 atom stereocenters. The molecule has 1 amide bonds. The van der Waals surface area contributed by atoms with Crippen molar-refractivity contribution in [2.24, 2.45) is 0 Å². The van der Waals surface area contributed by atoms with E-state index in [0.29, 0.717) is 11.4 Å². The van der Waals surface area contributed by atoms with Crippen LogP contribution in [0.5, 0.6) is 0 Å². The molecular weight excluding hydrogens is 359 g/mol. The van der Waals surface area contributed by atoms with Gasteiger partial charge in [0.25, 0.3) is 5.91 Å². The second kappa shape index (κ2) is 6.37. The van der Waals surface area contributed by atoms with Crippen molar-refractivity contribution in [1.29, 1.82) is 0 Å². The summed E-state index contributed by atoms with van der Waals surface area (Å²) < 4.78 is 5.88. The minimum atomic E-state index is -0.553. The summed E-state index contributed by atoms with van der Waals surface area (Å²) in [6.45, 7) is -0.316. The Morgan fingerprint density at radius 2 is 2.11 bits per heavy atom. The summed E-state index contributed by atoms with van der Waals surface area (Å²) in [6.07, 6.45) is 1.61. The number of amides is 1. The van der Waals surface area contributed by atoms with Crippen molar-refractivity contribution in [3.05, 3.63) is 51.9 Å². The van der Waals surface area contributed by atoms with Gasteiger partial charge in [-0.15, -0.1) is 0 Å². The van der Waals surface area contributed by atoms with Crippen LogP contribution in [0.25, 0.3) is 0 Å². The van der Waals surface area contributed by atoms with Gasteiger partial charge in [-0.2, -0.15) is 0 Å². The van der Waals surface area contributed by atoms with Crippen LogP contribution in [0.4, 0.5) is 5.69 Å². The topological polar surface area (TPSA) is 71.2 Å². The van der Waals surface area contributed by atoms with Crippen molar-refractivity contribution >= 4 is 40.2 Å². The van der Waals surface area contributed by atoms with Crippen molar-refractivity contribution < 1.29 is 14.3 Å². The van der Waals surface area contributed by atoms with Crippen LogP contribution in [-0.2, 0) is 9.53 Å². The third-order valence-corrected chi connectivity index (χ3v) is 2.93. The molecule has 0 fully saturated rings. The van der Waals surface area contributed by atoms with E-state index < -0.39 is 5.97 Å². The number of nitrogens with one attached hydrogen (secondary N) is 2. The smallest absolute Gasteiger partial charge is 0.355 e. The first-order valence-electron chi connectivity index (χ1n) is 5.51. The molecule has 0 radical (unpaired) electrons. The van der Waals surface area contributed by atoms with Crippen LogP contribution >= 0.6 is 22.6 Å². The molecule has 6 heteroatoms. The maximum Gasteiger partial charge on any atom is 0.355 e. The number of hydrogen-bond acceptors (Lipinski definition) is 3. The van der Waals surface area contributed by atoms with E-state index in [4.69, 9.17) is 4.74 Å². The molecule has 0 spiro atoms. The number of ether oxygens (including phenoxy) is 1. The maximum atomic E-state index is 11.6. The van der Waals surface area contributed by atoms with E-state index in [9.17, 15) is 9.59 Å². The fraction of sp³-hybridized carbons (Fsp3) is 0.0769. The Morgan fingerprint density at radius 1 is 1.26 bits per heavy atom. The lowest BCUT2D eigenvalue weighted by Crippen LogP contribution is -2.21.